The molecule has 1 atom stereocenters. The van der Waals surface area contributed by atoms with Gasteiger partial charge in [0, 0.05) is 4.47 Å². The van der Waals surface area contributed by atoms with Gasteiger partial charge in [0.2, 0.25) is 0 Å². The molecule has 1 rings (SSSR count). The monoisotopic (exact) mass is 336 g/mol. The van der Waals surface area contributed by atoms with Gasteiger partial charge in [0.15, 0.2) is 5.92 Å². The third-order valence-electron chi connectivity index (χ3n) is 2.23. The lowest BCUT2D eigenvalue weighted by Crippen LogP contribution is -2.40. The number of halogens is 7. The minimum absolute atomic E-state index is 0.446. The SMILES string of the molecule is OC(c1ccc(Br)cc1)C(C(F)(F)F)C(F)(F)F. The Morgan fingerprint density at radius 1 is 0.889 bits per heavy atom. The van der Waals surface area contributed by atoms with Crippen molar-refractivity contribution >= 4 is 15.9 Å². The van der Waals surface area contributed by atoms with Crippen LogP contribution in [0.2, 0.25) is 0 Å². The van der Waals surface area contributed by atoms with Crippen molar-refractivity contribution in [3.63, 3.8) is 0 Å². The molecule has 0 radical (unpaired) electrons. The summed E-state index contributed by atoms with van der Waals surface area (Å²) in [6.07, 6.45) is -13.8. The van der Waals surface area contributed by atoms with Crippen molar-refractivity contribution in [3.8, 4) is 0 Å². The van der Waals surface area contributed by atoms with Gasteiger partial charge in [0.25, 0.3) is 0 Å². The van der Waals surface area contributed by atoms with Gasteiger partial charge in [0.05, 0.1) is 6.10 Å². The summed E-state index contributed by atoms with van der Waals surface area (Å²) < 4.78 is 74.5. The minimum atomic E-state index is -5.56. The molecular weight excluding hydrogens is 330 g/mol. The molecule has 0 aromatic heterocycles. The van der Waals surface area contributed by atoms with E-state index in [0.717, 1.165) is 12.1 Å². The van der Waals surface area contributed by atoms with Gasteiger partial charge in [-0.05, 0) is 17.7 Å². The molecule has 0 aliphatic heterocycles. The van der Waals surface area contributed by atoms with E-state index in [-0.39, 0.29) is 0 Å². The maximum atomic E-state index is 12.3. The highest BCUT2D eigenvalue weighted by molar-refractivity contribution is 9.10. The maximum Gasteiger partial charge on any atom is 0.403 e. The molecule has 0 spiro atoms. The second-order valence-corrected chi connectivity index (χ2v) is 4.47. The molecular formula is C10H7BrF6O. The van der Waals surface area contributed by atoms with Gasteiger partial charge in [-0.25, -0.2) is 0 Å². The molecule has 0 aliphatic rings. The molecule has 0 fully saturated rings. The first-order valence-electron chi connectivity index (χ1n) is 4.60. The molecule has 0 heterocycles. The van der Waals surface area contributed by atoms with Crippen LogP contribution < -0.4 is 0 Å². The number of hydrogen-bond donors (Lipinski definition) is 1. The molecule has 1 aromatic rings. The minimum Gasteiger partial charge on any atom is -0.387 e. The predicted octanol–water partition coefficient (Wildman–Crippen LogP) is 4.22. The molecule has 1 unspecified atom stereocenters. The normalized spacial score (nSPS) is 14.9. The molecule has 0 saturated heterocycles. The first-order valence-corrected chi connectivity index (χ1v) is 5.39. The average Bonchev–Trinajstić information content (AvgIpc) is 2.13. The number of hydrogen-bond acceptors (Lipinski definition) is 1. The lowest BCUT2D eigenvalue weighted by atomic mass is 9.94. The van der Waals surface area contributed by atoms with Crippen molar-refractivity contribution in [2.24, 2.45) is 5.92 Å². The van der Waals surface area contributed by atoms with Crippen LogP contribution in [0.15, 0.2) is 28.7 Å². The Balaban J connectivity index is 3.11. The van der Waals surface area contributed by atoms with Crippen LogP contribution in [-0.2, 0) is 0 Å². The first-order chi connectivity index (χ1) is 8.03. The van der Waals surface area contributed by atoms with Gasteiger partial charge in [-0.3, -0.25) is 0 Å². The summed E-state index contributed by atoms with van der Waals surface area (Å²) in [5, 5.41) is 9.29. The van der Waals surface area contributed by atoms with Gasteiger partial charge >= 0.3 is 12.4 Å². The topological polar surface area (TPSA) is 20.2 Å². The quantitative estimate of drug-likeness (QED) is 0.801. The fourth-order valence-corrected chi connectivity index (χ4v) is 1.66. The van der Waals surface area contributed by atoms with Crippen molar-refractivity contribution in [2.45, 2.75) is 18.5 Å². The summed E-state index contributed by atoms with van der Waals surface area (Å²) in [5.74, 6) is -3.80. The second kappa shape index (κ2) is 5.08. The maximum absolute atomic E-state index is 12.3. The Hall–Kier alpha value is -0.760. The molecule has 0 amide bonds. The lowest BCUT2D eigenvalue weighted by Gasteiger charge is -2.27. The van der Waals surface area contributed by atoms with E-state index in [4.69, 9.17) is 0 Å². The van der Waals surface area contributed by atoms with Crippen LogP contribution in [0.25, 0.3) is 0 Å². The van der Waals surface area contributed by atoms with E-state index in [0.29, 0.717) is 4.47 Å². The van der Waals surface area contributed by atoms with Crippen molar-refractivity contribution < 1.29 is 31.4 Å². The number of benzene rings is 1. The summed E-state index contributed by atoms with van der Waals surface area (Å²) in [4.78, 5) is 0. The number of alkyl halides is 6. The average molecular weight is 337 g/mol. The highest BCUT2D eigenvalue weighted by atomic mass is 79.9. The number of aliphatic hydroxyl groups excluding tert-OH is 1. The van der Waals surface area contributed by atoms with Crippen LogP contribution in [0.4, 0.5) is 26.3 Å². The zero-order valence-corrected chi connectivity index (χ0v) is 10.1. The summed E-state index contributed by atoms with van der Waals surface area (Å²) in [6.45, 7) is 0. The third-order valence-corrected chi connectivity index (χ3v) is 2.76. The van der Waals surface area contributed by atoms with E-state index in [2.05, 4.69) is 15.9 Å². The summed E-state index contributed by atoms with van der Waals surface area (Å²) in [7, 11) is 0. The number of rotatable bonds is 2. The predicted molar refractivity (Wildman–Crippen MR) is 54.7 cm³/mol. The van der Waals surface area contributed by atoms with E-state index in [9.17, 15) is 31.4 Å². The Kier molecular flexibility index (Phi) is 4.32. The highest BCUT2D eigenvalue weighted by Gasteiger charge is 2.60. The van der Waals surface area contributed by atoms with Gasteiger partial charge < -0.3 is 5.11 Å². The molecule has 102 valence electrons. The standard InChI is InChI=1S/C10H7BrF6O/c11-6-3-1-5(2-4-6)7(18)8(9(12,13)14)10(15,16)17/h1-4,7-8,18H. The van der Waals surface area contributed by atoms with Crippen molar-refractivity contribution in [1.82, 2.24) is 0 Å². The Morgan fingerprint density at radius 2 is 1.28 bits per heavy atom. The van der Waals surface area contributed by atoms with Gasteiger partial charge in [-0.15, -0.1) is 0 Å². The van der Waals surface area contributed by atoms with Gasteiger partial charge in [0.1, 0.15) is 0 Å². The summed E-state index contributed by atoms with van der Waals surface area (Å²) in [5.41, 5.74) is -0.446. The first kappa shape index (κ1) is 15.3. The van der Waals surface area contributed by atoms with E-state index in [1.807, 2.05) is 0 Å². The van der Waals surface area contributed by atoms with Crippen molar-refractivity contribution in [1.29, 1.82) is 0 Å². The molecule has 0 aliphatic carbocycles. The summed E-state index contributed by atoms with van der Waals surface area (Å²) in [6, 6.07) is 4.50. The van der Waals surface area contributed by atoms with Crippen LogP contribution in [0.3, 0.4) is 0 Å². The van der Waals surface area contributed by atoms with E-state index in [1.165, 1.54) is 12.1 Å². The van der Waals surface area contributed by atoms with Crippen LogP contribution in [0.5, 0.6) is 0 Å². The van der Waals surface area contributed by atoms with Crippen LogP contribution >= 0.6 is 15.9 Å². The van der Waals surface area contributed by atoms with Crippen LogP contribution in [0.1, 0.15) is 11.7 Å². The zero-order valence-electron chi connectivity index (χ0n) is 8.56. The molecule has 0 saturated carbocycles. The molecule has 8 heteroatoms. The van der Waals surface area contributed by atoms with Crippen LogP contribution in [0, 0.1) is 5.92 Å². The lowest BCUT2D eigenvalue weighted by molar-refractivity contribution is -0.307. The second-order valence-electron chi connectivity index (χ2n) is 3.56. The smallest absolute Gasteiger partial charge is 0.387 e. The largest absolute Gasteiger partial charge is 0.403 e. The Bertz CT molecular complexity index is 382. The van der Waals surface area contributed by atoms with E-state index >= 15 is 0 Å². The fourth-order valence-electron chi connectivity index (χ4n) is 1.40. The molecule has 1 nitrogen and oxygen atoms in total. The fraction of sp³-hybridized carbons (Fsp3) is 0.400. The van der Waals surface area contributed by atoms with Crippen LogP contribution in [-0.4, -0.2) is 17.5 Å². The molecule has 1 N–H and O–H groups in total. The van der Waals surface area contributed by atoms with Crippen molar-refractivity contribution in [2.75, 3.05) is 0 Å². The molecule has 18 heavy (non-hydrogen) atoms. The van der Waals surface area contributed by atoms with Gasteiger partial charge in [-0.1, -0.05) is 28.1 Å². The molecule has 1 aromatic carbocycles. The summed E-state index contributed by atoms with van der Waals surface area (Å²) >= 11 is 2.98. The highest BCUT2D eigenvalue weighted by Crippen LogP contribution is 2.46. The molecule has 0 bridgehead atoms. The van der Waals surface area contributed by atoms with Gasteiger partial charge in [-0.2, -0.15) is 26.3 Å². The van der Waals surface area contributed by atoms with E-state index < -0.39 is 29.9 Å². The van der Waals surface area contributed by atoms with Crippen molar-refractivity contribution in [3.05, 3.63) is 34.3 Å². The Labute approximate surface area is 107 Å². The third kappa shape index (κ3) is 3.61. The van der Waals surface area contributed by atoms with E-state index in [1.54, 1.807) is 0 Å². The number of aliphatic hydroxyl groups is 1. The Morgan fingerprint density at radius 3 is 1.61 bits per heavy atom. The zero-order chi connectivity index (χ0) is 14.1.